The van der Waals surface area contributed by atoms with Crippen LogP contribution in [0.4, 0.5) is 4.39 Å². The molecule has 0 aromatic heterocycles. The molecule has 0 aliphatic heterocycles. The lowest BCUT2D eigenvalue weighted by atomic mass is 10.1. The van der Waals surface area contributed by atoms with E-state index in [1.807, 2.05) is 0 Å². The first kappa shape index (κ1) is 7.24. The first-order valence-corrected chi connectivity index (χ1v) is 2.79. The quantitative estimate of drug-likeness (QED) is 0.553. The predicted molar refractivity (Wildman–Crippen MR) is 34.7 cm³/mol. The lowest BCUT2D eigenvalue weighted by molar-refractivity contribution is 0.623. The van der Waals surface area contributed by atoms with Gasteiger partial charge in [0.2, 0.25) is 0 Å². The van der Waals surface area contributed by atoms with Gasteiger partial charge in [0, 0.05) is 6.07 Å². The van der Waals surface area contributed by atoms with E-state index in [2.05, 4.69) is 6.07 Å². The number of hydrogen-bond donors (Lipinski definition) is 0. The Morgan fingerprint density at radius 3 is 2.55 bits per heavy atom. The van der Waals surface area contributed by atoms with Crippen LogP contribution in [0.5, 0.6) is 0 Å². The van der Waals surface area contributed by atoms with Crippen molar-refractivity contribution in [3.63, 3.8) is 0 Å². The number of nitrogens with zero attached hydrogens (tertiary/aromatic N) is 2. The second-order valence-corrected chi connectivity index (χ2v) is 1.83. The standard InChI is InChI=1S/C8H2FN2/c9-8-3-6(4-10)1-2-7(8)5-11/h2-3H. The van der Waals surface area contributed by atoms with Crippen LogP contribution in [0.3, 0.4) is 0 Å². The van der Waals surface area contributed by atoms with Gasteiger partial charge in [0.05, 0.1) is 17.2 Å². The van der Waals surface area contributed by atoms with E-state index in [0.717, 1.165) is 12.1 Å². The molecule has 0 saturated heterocycles. The number of benzene rings is 1. The summed E-state index contributed by atoms with van der Waals surface area (Å²) in [6.07, 6.45) is 0. The van der Waals surface area contributed by atoms with Crippen molar-refractivity contribution in [3.8, 4) is 12.1 Å². The third-order valence-electron chi connectivity index (χ3n) is 1.14. The van der Waals surface area contributed by atoms with Gasteiger partial charge in [-0.2, -0.15) is 10.5 Å². The second kappa shape index (κ2) is 2.81. The van der Waals surface area contributed by atoms with Crippen LogP contribution in [-0.4, -0.2) is 0 Å². The zero-order valence-electron chi connectivity index (χ0n) is 5.43. The first-order valence-electron chi connectivity index (χ1n) is 2.79. The summed E-state index contributed by atoms with van der Waals surface area (Å²) in [6, 6.07) is 7.95. The van der Waals surface area contributed by atoms with Crippen LogP contribution in [-0.2, 0) is 0 Å². The molecule has 1 rings (SSSR count). The molecule has 3 heteroatoms. The third kappa shape index (κ3) is 1.33. The number of hydrogen-bond acceptors (Lipinski definition) is 2. The summed E-state index contributed by atoms with van der Waals surface area (Å²) in [5.74, 6) is -0.678. The average molecular weight is 145 g/mol. The normalized spacial score (nSPS) is 8.27. The average Bonchev–Trinajstić information content (AvgIpc) is 2.04. The summed E-state index contributed by atoms with van der Waals surface area (Å²) in [5, 5.41) is 16.6. The highest BCUT2D eigenvalue weighted by Gasteiger charge is 2.01. The second-order valence-electron chi connectivity index (χ2n) is 1.83. The largest absolute Gasteiger partial charge is 0.205 e. The zero-order valence-corrected chi connectivity index (χ0v) is 5.43. The summed E-state index contributed by atoms with van der Waals surface area (Å²) in [4.78, 5) is 0. The highest BCUT2D eigenvalue weighted by molar-refractivity contribution is 5.37. The SMILES string of the molecule is N#Cc1[c]cc(C#N)c(F)c1. The molecule has 0 amide bonds. The van der Waals surface area contributed by atoms with Crippen molar-refractivity contribution in [1.82, 2.24) is 0 Å². The van der Waals surface area contributed by atoms with Gasteiger partial charge < -0.3 is 0 Å². The van der Waals surface area contributed by atoms with Gasteiger partial charge in [0.25, 0.3) is 0 Å². The number of halogens is 1. The Labute approximate surface area is 63.1 Å². The maximum atomic E-state index is 12.6. The summed E-state index contributed by atoms with van der Waals surface area (Å²) in [7, 11) is 0. The molecule has 1 radical (unpaired) electrons. The molecule has 0 unspecified atom stereocenters. The molecule has 0 bridgehead atoms. The van der Waals surface area contributed by atoms with E-state index in [9.17, 15) is 4.39 Å². The van der Waals surface area contributed by atoms with Gasteiger partial charge in [0.1, 0.15) is 11.9 Å². The molecule has 0 spiro atoms. The lowest BCUT2D eigenvalue weighted by Gasteiger charge is -1.90. The van der Waals surface area contributed by atoms with Gasteiger partial charge in [-0.15, -0.1) is 0 Å². The molecule has 0 atom stereocenters. The van der Waals surface area contributed by atoms with Crippen molar-refractivity contribution in [1.29, 1.82) is 10.5 Å². The molecule has 0 N–H and O–H groups in total. The molecule has 51 valence electrons. The van der Waals surface area contributed by atoms with Crippen molar-refractivity contribution < 1.29 is 4.39 Å². The highest BCUT2D eigenvalue weighted by Crippen LogP contribution is 2.07. The zero-order chi connectivity index (χ0) is 8.27. The molecule has 0 aliphatic carbocycles. The van der Waals surface area contributed by atoms with Crippen LogP contribution < -0.4 is 0 Å². The molecular weight excluding hydrogens is 143 g/mol. The topological polar surface area (TPSA) is 47.6 Å². The minimum absolute atomic E-state index is 0.0935. The molecule has 2 nitrogen and oxygen atoms in total. The van der Waals surface area contributed by atoms with Crippen LogP contribution >= 0.6 is 0 Å². The summed E-state index contributed by atoms with van der Waals surface area (Å²) < 4.78 is 12.6. The minimum Gasteiger partial charge on any atom is -0.205 e. The smallest absolute Gasteiger partial charge is 0.142 e. The first-order chi connectivity index (χ1) is 5.27. The van der Waals surface area contributed by atoms with Gasteiger partial charge >= 0.3 is 0 Å². The van der Waals surface area contributed by atoms with Gasteiger partial charge in [-0.1, -0.05) is 0 Å². The molecule has 1 aromatic carbocycles. The molecule has 0 saturated carbocycles. The van der Waals surface area contributed by atoms with Crippen LogP contribution in [0.15, 0.2) is 12.1 Å². The van der Waals surface area contributed by atoms with Crippen molar-refractivity contribution in [2.24, 2.45) is 0 Å². The molecule has 0 fully saturated rings. The van der Waals surface area contributed by atoms with Gasteiger partial charge in [-0.25, -0.2) is 4.39 Å². The fraction of sp³-hybridized carbons (Fsp3) is 0. The van der Waals surface area contributed by atoms with E-state index < -0.39 is 5.82 Å². The van der Waals surface area contributed by atoms with E-state index in [-0.39, 0.29) is 11.1 Å². The fourth-order valence-electron chi connectivity index (χ4n) is 0.615. The summed E-state index contributed by atoms with van der Waals surface area (Å²) in [6.45, 7) is 0. The van der Waals surface area contributed by atoms with E-state index in [0.29, 0.717) is 0 Å². The summed E-state index contributed by atoms with van der Waals surface area (Å²) >= 11 is 0. The third-order valence-corrected chi connectivity index (χ3v) is 1.14. The number of nitriles is 2. The maximum Gasteiger partial charge on any atom is 0.142 e. The van der Waals surface area contributed by atoms with Crippen molar-refractivity contribution >= 4 is 0 Å². The Morgan fingerprint density at radius 2 is 2.09 bits per heavy atom. The van der Waals surface area contributed by atoms with E-state index in [1.165, 1.54) is 0 Å². The van der Waals surface area contributed by atoms with Crippen molar-refractivity contribution in [2.45, 2.75) is 0 Å². The lowest BCUT2D eigenvalue weighted by Crippen LogP contribution is -1.84. The Kier molecular flexibility index (Phi) is 1.85. The molecule has 0 aliphatic rings. The van der Waals surface area contributed by atoms with Crippen LogP contribution in [0.2, 0.25) is 0 Å². The van der Waals surface area contributed by atoms with Gasteiger partial charge in [0.15, 0.2) is 0 Å². The van der Waals surface area contributed by atoms with Crippen LogP contribution in [0.1, 0.15) is 11.1 Å². The van der Waals surface area contributed by atoms with E-state index in [1.54, 1.807) is 12.1 Å². The Bertz CT molecular complexity index is 357. The van der Waals surface area contributed by atoms with Gasteiger partial charge in [-0.05, 0) is 12.1 Å². The molecule has 0 heterocycles. The van der Waals surface area contributed by atoms with E-state index >= 15 is 0 Å². The molecular formula is C8H2FN2. The molecule has 1 aromatic rings. The minimum atomic E-state index is -0.678. The number of rotatable bonds is 0. The summed E-state index contributed by atoms with van der Waals surface area (Å²) in [5.41, 5.74) is 0.00509. The molecule has 11 heavy (non-hydrogen) atoms. The van der Waals surface area contributed by atoms with Crippen LogP contribution in [0.25, 0.3) is 0 Å². The van der Waals surface area contributed by atoms with E-state index in [4.69, 9.17) is 10.5 Å². The van der Waals surface area contributed by atoms with Gasteiger partial charge in [-0.3, -0.25) is 0 Å². The Balaban J connectivity index is 3.25. The predicted octanol–water partition coefficient (Wildman–Crippen LogP) is 1.37. The van der Waals surface area contributed by atoms with Crippen LogP contribution in [0, 0.1) is 34.5 Å². The Morgan fingerprint density at radius 1 is 1.36 bits per heavy atom. The maximum absolute atomic E-state index is 12.6. The van der Waals surface area contributed by atoms with Crippen molar-refractivity contribution in [3.05, 3.63) is 35.1 Å². The monoisotopic (exact) mass is 145 g/mol. The fourth-order valence-corrected chi connectivity index (χ4v) is 0.615. The van der Waals surface area contributed by atoms with Crippen molar-refractivity contribution in [2.75, 3.05) is 0 Å². The highest BCUT2D eigenvalue weighted by atomic mass is 19.1. The Hall–Kier alpha value is -1.87.